The van der Waals surface area contributed by atoms with Crippen LogP contribution < -0.4 is 10.6 Å². The molecule has 1 saturated carbocycles. The molecule has 1 aliphatic carbocycles. The molecule has 0 spiro atoms. The number of anilines is 2. The van der Waals surface area contributed by atoms with Gasteiger partial charge in [-0.2, -0.15) is 0 Å². The van der Waals surface area contributed by atoms with Crippen molar-refractivity contribution in [3.8, 4) is 0 Å². The molecular weight excluding hydrogens is 268 g/mol. The Kier molecular flexibility index (Phi) is 5.36. The maximum atomic E-state index is 9.56. The summed E-state index contributed by atoms with van der Waals surface area (Å²) in [7, 11) is 0. The van der Waals surface area contributed by atoms with Gasteiger partial charge in [-0.3, -0.25) is 0 Å². The molecule has 4 N–H and O–H groups in total. The van der Waals surface area contributed by atoms with E-state index in [2.05, 4.69) is 27.5 Å². The van der Waals surface area contributed by atoms with Crippen LogP contribution in [0.5, 0.6) is 0 Å². The lowest BCUT2D eigenvalue weighted by atomic mass is 9.98. The molecule has 6 nitrogen and oxygen atoms in total. The van der Waals surface area contributed by atoms with Gasteiger partial charge in [-0.25, -0.2) is 9.97 Å². The summed E-state index contributed by atoms with van der Waals surface area (Å²) < 4.78 is 0. The molecular formula is C15H26N4O2. The summed E-state index contributed by atoms with van der Waals surface area (Å²) >= 11 is 0. The van der Waals surface area contributed by atoms with Crippen molar-refractivity contribution in [3.63, 3.8) is 0 Å². The van der Waals surface area contributed by atoms with Crippen molar-refractivity contribution in [1.82, 2.24) is 9.97 Å². The van der Waals surface area contributed by atoms with Crippen molar-refractivity contribution in [1.29, 1.82) is 0 Å². The fourth-order valence-corrected chi connectivity index (χ4v) is 2.11. The Morgan fingerprint density at radius 3 is 2.38 bits per heavy atom. The average molecular weight is 294 g/mol. The normalized spacial score (nSPS) is 15.0. The third kappa shape index (κ3) is 4.04. The molecule has 0 aliphatic heterocycles. The van der Waals surface area contributed by atoms with Crippen molar-refractivity contribution in [2.75, 3.05) is 30.4 Å². The first-order chi connectivity index (χ1) is 10.2. The lowest BCUT2D eigenvalue weighted by Crippen LogP contribution is -2.45. The van der Waals surface area contributed by atoms with E-state index in [-0.39, 0.29) is 13.2 Å². The fourth-order valence-electron chi connectivity index (χ4n) is 2.11. The lowest BCUT2D eigenvalue weighted by molar-refractivity contribution is 0.132. The Balaban J connectivity index is 2.22. The van der Waals surface area contributed by atoms with Gasteiger partial charge in [-0.1, -0.05) is 13.8 Å². The van der Waals surface area contributed by atoms with Crippen molar-refractivity contribution in [2.24, 2.45) is 0 Å². The molecule has 0 unspecified atom stereocenters. The first kappa shape index (κ1) is 16.0. The Morgan fingerprint density at radius 1 is 1.19 bits per heavy atom. The van der Waals surface area contributed by atoms with E-state index < -0.39 is 5.54 Å². The predicted molar refractivity (Wildman–Crippen MR) is 83.6 cm³/mol. The highest BCUT2D eigenvalue weighted by Crippen LogP contribution is 2.39. The minimum atomic E-state index is -0.739. The smallest absolute Gasteiger partial charge is 0.136 e. The molecule has 1 heterocycles. The minimum absolute atomic E-state index is 0.138. The van der Waals surface area contributed by atoms with E-state index in [9.17, 15) is 10.2 Å². The molecule has 0 aromatic carbocycles. The third-order valence-corrected chi connectivity index (χ3v) is 3.92. The third-order valence-electron chi connectivity index (χ3n) is 3.92. The van der Waals surface area contributed by atoms with Gasteiger partial charge in [0.25, 0.3) is 0 Å². The first-order valence-corrected chi connectivity index (χ1v) is 7.79. The molecule has 0 atom stereocenters. The summed E-state index contributed by atoms with van der Waals surface area (Å²) in [5.41, 5.74) is -0.739. The van der Waals surface area contributed by atoms with Crippen LogP contribution in [0, 0.1) is 0 Å². The van der Waals surface area contributed by atoms with E-state index in [0.29, 0.717) is 18.2 Å². The minimum Gasteiger partial charge on any atom is -0.394 e. The van der Waals surface area contributed by atoms with Crippen LogP contribution in [-0.4, -0.2) is 45.5 Å². The molecule has 6 heteroatoms. The van der Waals surface area contributed by atoms with Crippen LogP contribution in [0.3, 0.4) is 0 Å². The largest absolute Gasteiger partial charge is 0.394 e. The van der Waals surface area contributed by atoms with Gasteiger partial charge in [0.15, 0.2) is 0 Å². The van der Waals surface area contributed by atoms with Gasteiger partial charge >= 0.3 is 0 Å². The summed E-state index contributed by atoms with van der Waals surface area (Å²) in [5.74, 6) is 2.76. The predicted octanol–water partition coefficient (Wildman–Crippen LogP) is 1.72. The molecule has 0 bridgehead atoms. The number of hydrogen-bond donors (Lipinski definition) is 4. The van der Waals surface area contributed by atoms with Crippen LogP contribution in [0.4, 0.5) is 11.6 Å². The van der Waals surface area contributed by atoms with Crippen molar-refractivity contribution in [2.45, 2.75) is 51.0 Å². The molecule has 1 aromatic rings. The number of nitrogens with zero attached hydrogens (tertiary/aromatic N) is 2. The maximum absolute atomic E-state index is 9.56. The second kappa shape index (κ2) is 7.04. The van der Waals surface area contributed by atoms with Crippen LogP contribution in [0.1, 0.15) is 51.3 Å². The summed E-state index contributed by atoms with van der Waals surface area (Å²) in [4.78, 5) is 9.10. The van der Waals surface area contributed by atoms with Crippen molar-refractivity contribution < 1.29 is 10.2 Å². The van der Waals surface area contributed by atoms with E-state index in [4.69, 9.17) is 0 Å². The zero-order valence-electron chi connectivity index (χ0n) is 12.9. The first-order valence-electron chi connectivity index (χ1n) is 7.79. The van der Waals surface area contributed by atoms with Gasteiger partial charge in [0.2, 0.25) is 0 Å². The topological polar surface area (TPSA) is 90.3 Å². The highest BCUT2D eigenvalue weighted by Gasteiger charge is 2.30. The second-order valence-electron chi connectivity index (χ2n) is 5.77. The number of hydrogen-bond acceptors (Lipinski definition) is 6. The Bertz CT molecular complexity index is 451. The molecule has 21 heavy (non-hydrogen) atoms. The standard InChI is InChI=1S/C15H26N4O2/c1-3-7-16-12-8-13(18-14(17-12)11-5-6-11)19-15(4-2,9-20)10-21/h8,11,20-21H,3-7,9-10H2,1-2H3,(H2,16,17,18,19). The molecule has 1 aliphatic rings. The number of rotatable bonds is 9. The lowest BCUT2D eigenvalue weighted by Gasteiger charge is -2.30. The molecule has 1 fully saturated rings. The zero-order valence-corrected chi connectivity index (χ0v) is 12.9. The molecule has 1 aromatic heterocycles. The Labute approximate surface area is 126 Å². The molecule has 0 amide bonds. The van der Waals surface area contributed by atoms with E-state index in [1.807, 2.05) is 13.0 Å². The Morgan fingerprint density at radius 2 is 1.86 bits per heavy atom. The zero-order chi connectivity index (χ0) is 15.3. The number of aromatic nitrogens is 2. The molecule has 0 radical (unpaired) electrons. The van der Waals surface area contributed by atoms with Crippen LogP contribution in [0.2, 0.25) is 0 Å². The quantitative estimate of drug-likeness (QED) is 0.554. The summed E-state index contributed by atoms with van der Waals surface area (Å²) in [6, 6.07) is 1.84. The fraction of sp³-hybridized carbons (Fsp3) is 0.733. The summed E-state index contributed by atoms with van der Waals surface area (Å²) in [6.45, 7) is 4.62. The monoisotopic (exact) mass is 294 g/mol. The maximum Gasteiger partial charge on any atom is 0.136 e. The van der Waals surface area contributed by atoms with Crippen LogP contribution in [0.15, 0.2) is 6.07 Å². The van der Waals surface area contributed by atoms with Gasteiger partial charge in [0, 0.05) is 18.5 Å². The highest BCUT2D eigenvalue weighted by molar-refractivity contribution is 5.49. The SMILES string of the molecule is CCCNc1cc(NC(CC)(CO)CO)nc(C2CC2)n1. The van der Waals surface area contributed by atoms with Gasteiger partial charge in [0.05, 0.1) is 18.8 Å². The van der Waals surface area contributed by atoms with Crippen LogP contribution in [-0.2, 0) is 0 Å². The Hall–Kier alpha value is -1.40. The number of aliphatic hydroxyl groups is 2. The van der Waals surface area contributed by atoms with Crippen molar-refractivity contribution >= 4 is 11.6 Å². The molecule has 2 rings (SSSR count). The molecule has 0 saturated heterocycles. The van der Waals surface area contributed by atoms with E-state index in [0.717, 1.165) is 37.4 Å². The number of nitrogens with one attached hydrogen (secondary N) is 2. The highest BCUT2D eigenvalue weighted by atomic mass is 16.3. The summed E-state index contributed by atoms with van der Waals surface area (Å²) in [5, 5.41) is 25.6. The van der Waals surface area contributed by atoms with E-state index in [1.165, 1.54) is 0 Å². The van der Waals surface area contributed by atoms with Crippen LogP contribution >= 0.6 is 0 Å². The number of aliphatic hydroxyl groups excluding tert-OH is 2. The van der Waals surface area contributed by atoms with Gasteiger partial charge in [0.1, 0.15) is 17.5 Å². The summed E-state index contributed by atoms with van der Waals surface area (Å²) in [6.07, 6.45) is 3.91. The van der Waals surface area contributed by atoms with Crippen LogP contribution in [0.25, 0.3) is 0 Å². The second-order valence-corrected chi connectivity index (χ2v) is 5.77. The molecule has 118 valence electrons. The van der Waals surface area contributed by atoms with E-state index >= 15 is 0 Å². The van der Waals surface area contributed by atoms with Gasteiger partial charge in [-0.05, 0) is 25.7 Å². The van der Waals surface area contributed by atoms with Crippen molar-refractivity contribution in [3.05, 3.63) is 11.9 Å². The average Bonchev–Trinajstić information content (AvgIpc) is 3.35. The van der Waals surface area contributed by atoms with Gasteiger partial charge in [-0.15, -0.1) is 0 Å². The van der Waals surface area contributed by atoms with Gasteiger partial charge < -0.3 is 20.8 Å². The van der Waals surface area contributed by atoms with E-state index in [1.54, 1.807) is 0 Å².